The highest BCUT2D eigenvalue weighted by Gasteiger charge is 2.13. The number of ether oxygens (including phenoxy) is 1. The van der Waals surface area contributed by atoms with Crippen LogP contribution in [0.1, 0.15) is 12.0 Å². The van der Waals surface area contributed by atoms with E-state index in [-0.39, 0.29) is 0 Å². The van der Waals surface area contributed by atoms with Crippen molar-refractivity contribution in [3.63, 3.8) is 0 Å². The van der Waals surface area contributed by atoms with Crippen molar-refractivity contribution >= 4 is 11.9 Å². The topological polar surface area (TPSA) is 90.3 Å². The molecule has 1 saturated heterocycles. The summed E-state index contributed by atoms with van der Waals surface area (Å²) in [4.78, 5) is 23.1. The molecule has 1 heterocycles. The molecule has 1 aromatic carbocycles. The van der Waals surface area contributed by atoms with E-state index < -0.39 is 11.9 Å². The summed E-state index contributed by atoms with van der Waals surface area (Å²) in [5.74, 6) is -2.64. The summed E-state index contributed by atoms with van der Waals surface area (Å²) in [6.45, 7) is 5.70. The van der Waals surface area contributed by atoms with Gasteiger partial charge in [-0.05, 0) is 32.6 Å². The summed E-state index contributed by atoms with van der Waals surface area (Å²) in [6.07, 6.45) is 1.26. The van der Waals surface area contributed by atoms with E-state index in [1.807, 2.05) is 12.1 Å². The summed E-state index contributed by atoms with van der Waals surface area (Å²) in [5, 5.41) is 14.8. The molecule has 0 bridgehead atoms. The van der Waals surface area contributed by atoms with E-state index in [1.165, 1.54) is 25.1 Å². The van der Waals surface area contributed by atoms with Crippen molar-refractivity contribution in [3.8, 4) is 5.75 Å². The van der Waals surface area contributed by atoms with Crippen LogP contribution in [0, 0.1) is 0 Å². The van der Waals surface area contributed by atoms with Gasteiger partial charge in [0.05, 0.1) is 7.11 Å². The van der Waals surface area contributed by atoms with Gasteiger partial charge in [0.25, 0.3) is 0 Å². The van der Waals surface area contributed by atoms with E-state index >= 15 is 0 Å². The second-order valence-electron chi connectivity index (χ2n) is 5.36. The fourth-order valence-electron chi connectivity index (χ4n) is 2.33. The number of carboxylic acids is 2. The number of hydrogen-bond acceptors (Lipinski definition) is 5. The van der Waals surface area contributed by atoms with Crippen molar-refractivity contribution in [2.75, 3.05) is 40.3 Å². The molecule has 0 spiro atoms. The summed E-state index contributed by atoms with van der Waals surface area (Å²) in [6, 6.07) is 8.31. The van der Waals surface area contributed by atoms with Crippen LogP contribution in [0.15, 0.2) is 24.3 Å². The third kappa shape index (κ3) is 7.12. The zero-order valence-corrected chi connectivity index (χ0v) is 13.6. The van der Waals surface area contributed by atoms with Gasteiger partial charge in [-0.1, -0.05) is 18.2 Å². The number of benzene rings is 1. The quantitative estimate of drug-likeness (QED) is 0.801. The summed E-state index contributed by atoms with van der Waals surface area (Å²) in [5.41, 5.74) is 1.29. The Hall–Kier alpha value is -2.12. The number of likely N-dealkylation sites (N-methyl/N-ethyl adjacent to an activating group) is 1. The number of nitrogens with zero attached hydrogens (tertiary/aromatic N) is 2. The minimum absolute atomic E-state index is 0.998. The first kappa shape index (κ1) is 18.9. The molecule has 0 radical (unpaired) electrons. The number of aliphatic carboxylic acids is 2. The average Bonchev–Trinajstić information content (AvgIpc) is 2.73. The van der Waals surface area contributed by atoms with Gasteiger partial charge in [0, 0.05) is 25.2 Å². The van der Waals surface area contributed by atoms with E-state index in [2.05, 4.69) is 29.0 Å². The van der Waals surface area contributed by atoms with E-state index in [0.29, 0.717) is 0 Å². The molecule has 1 fully saturated rings. The van der Waals surface area contributed by atoms with Gasteiger partial charge in [0.2, 0.25) is 0 Å². The summed E-state index contributed by atoms with van der Waals surface area (Å²) in [7, 11) is 3.95. The Bertz CT molecular complexity index is 509. The van der Waals surface area contributed by atoms with Crippen LogP contribution in [0.25, 0.3) is 0 Å². The van der Waals surface area contributed by atoms with Gasteiger partial charge in [0.15, 0.2) is 0 Å². The van der Waals surface area contributed by atoms with Gasteiger partial charge < -0.3 is 19.8 Å². The van der Waals surface area contributed by atoms with Gasteiger partial charge >= 0.3 is 11.9 Å². The van der Waals surface area contributed by atoms with Crippen molar-refractivity contribution in [3.05, 3.63) is 29.8 Å². The van der Waals surface area contributed by atoms with Crippen molar-refractivity contribution in [1.29, 1.82) is 0 Å². The molecule has 0 atom stereocenters. The van der Waals surface area contributed by atoms with Crippen LogP contribution >= 0.6 is 0 Å². The lowest BCUT2D eigenvalue weighted by Crippen LogP contribution is -2.28. The fraction of sp³-hybridized carbons (Fsp3) is 0.500. The van der Waals surface area contributed by atoms with Crippen LogP contribution in [0.2, 0.25) is 0 Å². The number of para-hydroxylation sites is 1. The minimum Gasteiger partial charge on any atom is -0.496 e. The molecule has 2 N–H and O–H groups in total. The third-order valence-corrected chi connectivity index (χ3v) is 3.58. The van der Waals surface area contributed by atoms with Gasteiger partial charge in [-0.25, -0.2) is 9.59 Å². The summed E-state index contributed by atoms with van der Waals surface area (Å²) < 4.78 is 5.40. The second-order valence-corrected chi connectivity index (χ2v) is 5.36. The molecule has 0 amide bonds. The van der Waals surface area contributed by atoms with Crippen molar-refractivity contribution in [1.82, 2.24) is 9.80 Å². The first-order valence-corrected chi connectivity index (χ1v) is 7.43. The smallest absolute Gasteiger partial charge is 0.414 e. The van der Waals surface area contributed by atoms with Gasteiger partial charge in [-0.15, -0.1) is 0 Å². The van der Waals surface area contributed by atoms with Gasteiger partial charge in [0.1, 0.15) is 5.75 Å². The van der Waals surface area contributed by atoms with Crippen molar-refractivity contribution in [2.24, 2.45) is 0 Å². The summed E-state index contributed by atoms with van der Waals surface area (Å²) >= 11 is 0. The molecule has 0 aromatic heterocycles. The maximum Gasteiger partial charge on any atom is 0.414 e. The molecular formula is C16H24N2O5. The van der Waals surface area contributed by atoms with E-state index in [1.54, 1.807) is 7.11 Å². The van der Waals surface area contributed by atoms with Gasteiger partial charge in [-0.3, -0.25) is 4.90 Å². The molecule has 1 aliphatic heterocycles. The lowest BCUT2D eigenvalue weighted by Gasteiger charge is -2.21. The normalized spacial score (nSPS) is 15.9. The Labute approximate surface area is 136 Å². The standard InChI is InChI=1S/C14H22N2O.C2H2O4/c1-15-8-5-9-16(11-10-15)12-13-6-3-4-7-14(13)17-2;3-1(4)2(5)6/h3-4,6-7H,5,8-12H2,1-2H3;(H,3,4)(H,5,6). The van der Waals surface area contributed by atoms with Crippen molar-refractivity contribution in [2.45, 2.75) is 13.0 Å². The molecule has 128 valence electrons. The maximum atomic E-state index is 9.10. The van der Waals surface area contributed by atoms with Crippen LogP contribution in [0.3, 0.4) is 0 Å². The van der Waals surface area contributed by atoms with Crippen LogP contribution in [0.5, 0.6) is 5.75 Å². The lowest BCUT2D eigenvalue weighted by molar-refractivity contribution is -0.159. The van der Waals surface area contributed by atoms with Crippen LogP contribution in [0.4, 0.5) is 0 Å². The van der Waals surface area contributed by atoms with Crippen LogP contribution < -0.4 is 4.74 Å². The minimum atomic E-state index is -1.82. The first-order chi connectivity index (χ1) is 10.9. The molecular weight excluding hydrogens is 300 g/mol. The molecule has 7 nitrogen and oxygen atoms in total. The third-order valence-electron chi connectivity index (χ3n) is 3.58. The van der Waals surface area contributed by atoms with E-state index in [9.17, 15) is 0 Å². The largest absolute Gasteiger partial charge is 0.496 e. The highest BCUT2D eigenvalue weighted by molar-refractivity contribution is 6.27. The Morgan fingerprint density at radius 3 is 2.35 bits per heavy atom. The second kappa shape index (κ2) is 9.81. The Morgan fingerprint density at radius 1 is 1.09 bits per heavy atom. The molecule has 23 heavy (non-hydrogen) atoms. The Kier molecular flexibility index (Phi) is 8.07. The first-order valence-electron chi connectivity index (χ1n) is 7.43. The molecule has 2 rings (SSSR count). The zero-order valence-electron chi connectivity index (χ0n) is 13.6. The number of methoxy groups -OCH3 is 1. The molecule has 0 saturated carbocycles. The van der Waals surface area contributed by atoms with Crippen LogP contribution in [-0.4, -0.2) is 72.3 Å². The monoisotopic (exact) mass is 324 g/mol. The highest BCUT2D eigenvalue weighted by Crippen LogP contribution is 2.19. The molecule has 7 heteroatoms. The fourth-order valence-corrected chi connectivity index (χ4v) is 2.33. The van der Waals surface area contributed by atoms with Gasteiger partial charge in [-0.2, -0.15) is 0 Å². The Balaban J connectivity index is 0.000000379. The number of rotatable bonds is 3. The zero-order chi connectivity index (χ0) is 17.2. The van der Waals surface area contributed by atoms with Crippen molar-refractivity contribution < 1.29 is 24.5 Å². The van der Waals surface area contributed by atoms with Crippen LogP contribution in [-0.2, 0) is 16.1 Å². The number of carbonyl (C=O) groups is 2. The number of carboxylic acid groups (broad SMARTS) is 2. The molecule has 0 unspecified atom stereocenters. The van der Waals surface area contributed by atoms with E-state index in [4.69, 9.17) is 24.5 Å². The average molecular weight is 324 g/mol. The lowest BCUT2D eigenvalue weighted by atomic mass is 10.2. The molecule has 1 aromatic rings. The Morgan fingerprint density at radius 2 is 1.74 bits per heavy atom. The maximum absolute atomic E-state index is 9.10. The van der Waals surface area contributed by atoms with E-state index in [0.717, 1.165) is 25.4 Å². The molecule has 0 aliphatic carbocycles. The highest BCUT2D eigenvalue weighted by atomic mass is 16.5. The predicted molar refractivity (Wildman–Crippen MR) is 85.7 cm³/mol. The molecule has 1 aliphatic rings. The number of hydrogen-bond donors (Lipinski definition) is 2. The SMILES string of the molecule is COc1ccccc1CN1CCCN(C)CC1.O=C(O)C(=O)O. The predicted octanol–water partition coefficient (Wildman–Crippen LogP) is 0.988.